The molecule has 0 atom stereocenters. The fourth-order valence-corrected chi connectivity index (χ4v) is 3.17. The summed E-state index contributed by atoms with van der Waals surface area (Å²) < 4.78 is 5.66. The van der Waals surface area contributed by atoms with Crippen LogP contribution in [-0.4, -0.2) is 19.9 Å². The molecule has 0 fully saturated rings. The fourth-order valence-electron chi connectivity index (χ4n) is 2.35. The minimum Gasteiger partial charge on any atom is -0.434 e. The smallest absolute Gasteiger partial charge is 0.373 e. The van der Waals surface area contributed by atoms with E-state index in [0.29, 0.717) is 16.8 Å². The van der Waals surface area contributed by atoms with Crippen molar-refractivity contribution in [2.45, 2.75) is 33.6 Å². The second-order valence-corrected chi connectivity index (χ2v) is 7.45. The molecular formula is C18H19N5O3S. The molecule has 8 nitrogen and oxygen atoms in total. The fraction of sp³-hybridized carbons (Fsp3) is 0.278. The van der Waals surface area contributed by atoms with Crippen LogP contribution in [0.25, 0.3) is 0 Å². The lowest BCUT2D eigenvalue weighted by Crippen LogP contribution is -2.03. The lowest BCUT2D eigenvalue weighted by Gasteiger charge is -2.09. The van der Waals surface area contributed by atoms with Crippen molar-refractivity contribution in [2.75, 3.05) is 5.32 Å². The first kappa shape index (κ1) is 18.7. The van der Waals surface area contributed by atoms with Crippen LogP contribution in [0.2, 0.25) is 0 Å². The van der Waals surface area contributed by atoms with E-state index in [1.807, 2.05) is 26.0 Å². The summed E-state index contributed by atoms with van der Waals surface area (Å²) in [5, 5.41) is 15.1. The Hall–Kier alpha value is -3.07. The van der Waals surface area contributed by atoms with Crippen molar-refractivity contribution in [1.29, 1.82) is 0 Å². The minimum absolute atomic E-state index is 0.0394. The van der Waals surface area contributed by atoms with E-state index in [-0.39, 0.29) is 17.4 Å². The van der Waals surface area contributed by atoms with Gasteiger partial charge in [-0.05, 0) is 37.5 Å². The third kappa shape index (κ3) is 4.20. The van der Waals surface area contributed by atoms with Gasteiger partial charge < -0.3 is 10.1 Å². The first-order chi connectivity index (χ1) is 12.8. The second kappa shape index (κ2) is 7.67. The normalized spacial score (nSPS) is 10.9. The van der Waals surface area contributed by atoms with Crippen molar-refractivity contribution >= 4 is 28.0 Å². The van der Waals surface area contributed by atoms with Crippen LogP contribution in [0, 0.1) is 24.0 Å². The van der Waals surface area contributed by atoms with Gasteiger partial charge in [-0.1, -0.05) is 26.0 Å². The Balaban J connectivity index is 1.92. The zero-order chi connectivity index (χ0) is 19.6. The predicted octanol–water partition coefficient (Wildman–Crippen LogP) is 5.12. The van der Waals surface area contributed by atoms with Crippen molar-refractivity contribution in [3.8, 4) is 11.6 Å². The number of thiazole rings is 1. The number of hydrogen-bond acceptors (Lipinski definition) is 8. The molecule has 140 valence electrons. The topological polar surface area (TPSA) is 103 Å². The molecule has 2 aromatic heterocycles. The molecule has 3 rings (SSSR count). The molecule has 2 heterocycles. The van der Waals surface area contributed by atoms with Crippen molar-refractivity contribution in [1.82, 2.24) is 15.0 Å². The Morgan fingerprint density at radius 2 is 1.89 bits per heavy atom. The summed E-state index contributed by atoms with van der Waals surface area (Å²) in [7, 11) is 0. The molecule has 3 aromatic rings. The largest absolute Gasteiger partial charge is 0.434 e. The lowest BCUT2D eigenvalue weighted by atomic mass is 10.0. The Labute approximate surface area is 160 Å². The highest BCUT2D eigenvalue weighted by molar-refractivity contribution is 7.15. The van der Waals surface area contributed by atoms with Gasteiger partial charge in [-0.25, -0.2) is 9.97 Å². The maximum atomic E-state index is 11.6. The van der Waals surface area contributed by atoms with E-state index in [1.165, 1.54) is 17.7 Å². The molecule has 0 saturated heterocycles. The third-order valence-electron chi connectivity index (χ3n) is 3.99. The number of rotatable bonds is 6. The minimum atomic E-state index is -0.562. The van der Waals surface area contributed by atoms with E-state index in [4.69, 9.17) is 4.74 Å². The van der Waals surface area contributed by atoms with E-state index in [1.54, 1.807) is 12.1 Å². The Morgan fingerprint density at radius 1 is 1.19 bits per heavy atom. The third-order valence-corrected chi connectivity index (χ3v) is 4.97. The average molecular weight is 385 g/mol. The molecule has 0 bridgehead atoms. The van der Waals surface area contributed by atoms with Gasteiger partial charge in [0.1, 0.15) is 12.1 Å². The maximum Gasteiger partial charge on any atom is 0.373 e. The number of nitro groups is 1. The SMILES string of the molecule is Cc1nc(Nc2ncnc(Oc3ccc(C(C)C)cc3)c2[N+](=O)[O-])sc1C. The zero-order valence-electron chi connectivity index (χ0n) is 15.4. The van der Waals surface area contributed by atoms with E-state index >= 15 is 0 Å². The van der Waals surface area contributed by atoms with Gasteiger partial charge in [-0.15, -0.1) is 11.3 Å². The molecule has 0 saturated carbocycles. The van der Waals surface area contributed by atoms with Crippen LogP contribution in [0.1, 0.15) is 35.9 Å². The van der Waals surface area contributed by atoms with Crippen molar-refractivity contribution < 1.29 is 9.66 Å². The van der Waals surface area contributed by atoms with Gasteiger partial charge in [0.2, 0.25) is 5.82 Å². The van der Waals surface area contributed by atoms with Gasteiger partial charge in [0, 0.05) is 4.88 Å². The van der Waals surface area contributed by atoms with Crippen LogP contribution < -0.4 is 10.1 Å². The van der Waals surface area contributed by atoms with E-state index < -0.39 is 4.92 Å². The first-order valence-electron chi connectivity index (χ1n) is 8.33. The molecule has 0 spiro atoms. The summed E-state index contributed by atoms with van der Waals surface area (Å²) in [6, 6.07) is 7.38. The number of nitrogens with zero attached hydrogens (tertiary/aromatic N) is 4. The summed E-state index contributed by atoms with van der Waals surface area (Å²) in [5.41, 5.74) is 1.67. The van der Waals surface area contributed by atoms with Crippen LogP contribution in [-0.2, 0) is 0 Å². The number of anilines is 2. The zero-order valence-corrected chi connectivity index (χ0v) is 16.2. The average Bonchev–Trinajstić information content (AvgIpc) is 2.92. The van der Waals surface area contributed by atoms with E-state index in [2.05, 4.69) is 34.1 Å². The highest BCUT2D eigenvalue weighted by Gasteiger charge is 2.26. The second-order valence-electron chi connectivity index (χ2n) is 6.24. The molecule has 0 aliphatic carbocycles. The number of nitrogens with one attached hydrogen (secondary N) is 1. The Kier molecular flexibility index (Phi) is 5.31. The first-order valence-corrected chi connectivity index (χ1v) is 9.15. The molecule has 0 amide bonds. The van der Waals surface area contributed by atoms with Gasteiger partial charge in [-0.3, -0.25) is 10.1 Å². The molecule has 0 aliphatic heterocycles. The molecule has 1 aromatic carbocycles. The van der Waals surface area contributed by atoms with Crippen molar-refractivity contribution in [3.63, 3.8) is 0 Å². The number of aromatic nitrogens is 3. The van der Waals surface area contributed by atoms with Gasteiger partial charge in [0.05, 0.1) is 10.6 Å². The van der Waals surface area contributed by atoms with Crippen LogP contribution in [0.5, 0.6) is 11.6 Å². The highest BCUT2D eigenvalue weighted by atomic mass is 32.1. The molecule has 1 N–H and O–H groups in total. The Morgan fingerprint density at radius 3 is 2.44 bits per heavy atom. The summed E-state index contributed by atoms with van der Waals surface area (Å²) in [6.07, 6.45) is 1.22. The molecule has 0 unspecified atom stereocenters. The summed E-state index contributed by atoms with van der Waals surface area (Å²) >= 11 is 1.40. The number of aryl methyl sites for hydroxylation is 2. The molecule has 27 heavy (non-hydrogen) atoms. The monoisotopic (exact) mass is 385 g/mol. The lowest BCUT2D eigenvalue weighted by molar-refractivity contribution is -0.385. The standard InChI is InChI=1S/C18H19N5O3S/c1-10(2)13-5-7-14(8-6-13)26-17-15(23(24)25)16(19-9-20-17)22-18-21-11(3)12(4)27-18/h5-10H,1-4H3,(H,19,20,21,22). The Bertz CT molecular complexity index is 950. The van der Waals surface area contributed by atoms with Crippen molar-refractivity contribution in [3.05, 3.63) is 56.8 Å². The maximum absolute atomic E-state index is 11.6. The van der Waals surface area contributed by atoms with Crippen LogP contribution in [0.4, 0.5) is 16.6 Å². The van der Waals surface area contributed by atoms with Crippen LogP contribution in [0.3, 0.4) is 0 Å². The molecular weight excluding hydrogens is 366 g/mol. The quantitative estimate of drug-likeness (QED) is 0.464. The predicted molar refractivity (Wildman–Crippen MR) is 104 cm³/mol. The van der Waals surface area contributed by atoms with E-state index in [9.17, 15) is 10.1 Å². The van der Waals surface area contributed by atoms with Crippen LogP contribution in [0.15, 0.2) is 30.6 Å². The molecule has 9 heteroatoms. The molecule has 0 aliphatic rings. The van der Waals surface area contributed by atoms with Gasteiger partial charge in [-0.2, -0.15) is 4.98 Å². The summed E-state index contributed by atoms with van der Waals surface area (Å²) in [6.45, 7) is 7.99. The number of benzene rings is 1. The number of hydrogen-bond donors (Lipinski definition) is 1. The van der Waals surface area contributed by atoms with Crippen LogP contribution >= 0.6 is 11.3 Å². The van der Waals surface area contributed by atoms with Gasteiger partial charge in [0.25, 0.3) is 0 Å². The molecule has 0 radical (unpaired) electrons. The number of ether oxygens (including phenoxy) is 1. The summed E-state index contributed by atoms with van der Waals surface area (Å²) in [4.78, 5) is 24.4. The van der Waals surface area contributed by atoms with Crippen molar-refractivity contribution in [2.24, 2.45) is 0 Å². The highest BCUT2D eigenvalue weighted by Crippen LogP contribution is 2.36. The van der Waals surface area contributed by atoms with Gasteiger partial charge in [0.15, 0.2) is 5.13 Å². The summed E-state index contributed by atoms with van der Waals surface area (Å²) in [5.74, 6) is 0.763. The van der Waals surface area contributed by atoms with E-state index in [0.717, 1.165) is 16.1 Å². The van der Waals surface area contributed by atoms with Gasteiger partial charge >= 0.3 is 11.6 Å².